The average molecular weight is 269 g/mol. The highest BCUT2D eigenvalue weighted by atomic mass is 16.4. The summed E-state index contributed by atoms with van der Waals surface area (Å²) in [5.41, 5.74) is 0.446. The van der Waals surface area contributed by atoms with Crippen molar-refractivity contribution in [1.82, 2.24) is 5.32 Å². The van der Waals surface area contributed by atoms with Crippen molar-refractivity contribution in [3.63, 3.8) is 0 Å². The van der Waals surface area contributed by atoms with Crippen molar-refractivity contribution >= 4 is 5.97 Å². The topological polar surface area (TPSA) is 49.3 Å². The van der Waals surface area contributed by atoms with E-state index in [1.54, 1.807) is 0 Å². The smallest absolute Gasteiger partial charge is 0.307 e. The van der Waals surface area contributed by atoms with Crippen molar-refractivity contribution in [3.8, 4) is 0 Å². The molecule has 0 aliphatic heterocycles. The van der Waals surface area contributed by atoms with E-state index >= 15 is 0 Å². The van der Waals surface area contributed by atoms with Crippen LogP contribution in [0.3, 0.4) is 0 Å². The molecule has 0 aromatic carbocycles. The van der Waals surface area contributed by atoms with Crippen LogP contribution in [0.2, 0.25) is 0 Å². The van der Waals surface area contributed by atoms with Gasteiger partial charge in [0.05, 0.1) is 5.92 Å². The van der Waals surface area contributed by atoms with Crippen LogP contribution in [0.4, 0.5) is 0 Å². The second-order valence-electron chi connectivity index (χ2n) is 7.56. The number of rotatable bonds is 6. The second kappa shape index (κ2) is 6.74. The molecule has 0 radical (unpaired) electrons. The van der Waals surface area contributed by atoms with Crippen LogP contribution in [-0.4, -0.2) is 23.7 Å². The van der Waals surface area contributed by atoms with Crippen molar-refractivity contribution in [2.24, 2.45) is 23.2 Å². The summed E-state index contributed by atoms with van der Waals surface area (Å²) >= 11 is 0. The lowest BCUT2D eigenvalue weighted by molar-refractivity contribution is -0.142. The highest BCUT2D eigenvalue weighted by Gasteiger charge is 2.32. The summed E-state index contributed by atoms with van der Waals surface area (Å²) in [6, 6.07) is 0.488. The summed E-state index contributed by atoms with van der Waals surface area (Å²) in [6.07, 6.45) is 4.39. The van der Waals surface area contributed by atoms with E-state index in [1.165, 1.54) is 19.3 Å². The van der Waals surface area contributed by atoms with Crippen LogP contribution in [0.25, 0.3) is 0 Å². The number of hydrogen-bond acceptors (Lipinski definition) is 2. The van der Waals surface area contributed by atoms with Crippen LogP contribution in [0.15, 0.2) is 0 Å². The van der Waals surface area contributed by atoms with Crippen molar-refractivity contribution in [1.29, 1.82) is 0 Å². The largest absolute Gasteiger partial charge is 0.481 e. The number of aliphatic carboxylic acids is 1. The first-order chi connectivity index (χ1) is 8.71. The van der Waals surface area contributed by atoms with E-state index in [4.69, 9.17) is 0 Å². The predicted molar refractivity (Wildman–Crippen MR) is 79.2 cm³/mol. The Bertz CT molecular complexity index is 299. The van der Waals surface area contributed by atoms with Gasteiger partial charge in [0.15, 0.2) is 0 Å². The Labute approximate surface area is 118 Å². The minimum Gasteiger partial charge on any atom is -0.481 e. The van der Waals surface area contributed by atoms with E-state index in [-0.39, 0.29) is 5.92 Å². The van der Waals surface area contributed by atoms with E-state index < -0.39 is 5.97 Å². The van der Waals surface area contributed by atoms with Crippen LogP contribution in [0, 0.1) is 23.2 Å². The van der Waals surface area contributed by atoms with Crippen LogP contribution in [0.1, 0.15) is 60.3 Å². The summed E-state index contributed by atoms with van der Waals surface area (Å²) < 4.78 is 0. The third-order valence-electron chi connectivity index (χ3n) is 4.43. The number of hydrogen-bond donors (Lipinski definition) is 2. The molecule has 1 rings (SSSR count). The van der Waals surface area contributed by atoms with Crippen LogP contribution in [0.5, 0.6) is 0 Å². The summed E-state index contributed by atoms with van der Waals surface area (Å²) in [6.45, 7) is 11.7. The summed E-state index contributed by atoms with van der Waals surface area (Å²) in [4.78, 5) is 11.3. The minimum absolute atomic E-state index is 0.248. The highest BCUT2D eigenvalue weighted by Crippen LogP contribution is 2.38. The molecule has 3 atom stereocenters. The maximum atomic E-state index is 11.3. The summed E-state index contributed by atoms with van der Waals surface area (Å²) in [7, 11) is 0. The molecule has 0 heterocycles. The van der Waals surface area contributed by atoms with Crippen molar-refractivity contribution < 1.29 is 9.90 Å². The molecule has 0 aromatic rings. The number of carboxylic acids is 1. The van der Waals surface area contributed by atoms with Gasteiger partial charge in [0, 0.05) is 12.6 Å². The van der Waals surface area contributed by atoms with E-state index in [9.17, 15) is 9.90 Å². The van der Waals surface area contributed by atoms with Crippen molar-refractivity contribution in [2.75, 3.05) is 6.54 Å². The summed E-state index contributed by atoms with van der Waals surface area (Å²) in [5.74, 6) is 0.162. The third kappa shape index (κ3) is 5.52. The standard InChI is InChI=1S/C16H31NO2/c1-11(2)8-13(15(18)19)10-17-14-6-7-16(4,5)9-12(14)3/h11-14,17H,6-10H2,1-5H3,(H,18,19). The van der Waals surface area contributed by atoms with Crippen LogP contribution < -0.4 is 5.32 Å². The third-order valence-corrected chi connectivity index (χ3v) is 4.43. The Balaban J connectivity index is 2.44. The molecule has 0 bridgehead atoms. The fourth-order valence-electron chi connectivity index (χ4n) is 3.38. The molecule has 3 heteroatoms. The molecule has 1 fully saturated rings. The zero-order chi connectivity index (χ0) is 14.6. The molecule has 1 aliphatic rings. The zero-order valence-electron chi connectivity index (χ0n) is 13.2. The van der Waals surface area contributed by atoms with Gasteiger partial charge in [-0.2, -0.15) is 0 Å². The molecule has 112 valence electrons. The van der Waals surface area contributed by atoms with Gasteiger partial charge in [0.1, 0.15) is 0 Å². The maximum absolute atomic E-state index is 11.3. The molecule has 3 nitrogen and oxygen atoms in total. The van der Waals surface area contributed by atoms with Gasteiger partial charge in [-0.25, -0.2) is 0 Å². The predicted octanol–water partition coefficient (Wildman–Crippen LogP) is 3.54. The number of carbonyl (C=O) groups is 1. The normalized spacial score (nSPS) is 28.3. The lowest BCUT2D eigenvalue weighted by Crippen LogP contribution is -2.44. The maximum Gasteiger partial charge on any atom is 0.307 e. The molecule has 3 unspecified atom stereocenters. The Hall–Kier alpha value is -0.570. The molecule has 19 heavy (non-hydrogen) atoms. The van der Waals surface area contributed by atoms with Crippen LogP contribution >= 0.6 is 0 Å². The van der Waals surface area contributed by atoms with Gasteiger partial charge in [-0.1, -0.05) is 34.6 Å². The van der Waals surface area contributed by atoms with Gasteiger partial charge < -0.3 is 10.4 Å². The SMILES string of the molecule is CC(C)CC(CNC1CCC(C)(C)CC1C)C(=O)O. The van der Waals surface area contributed by atoms with Gasteiger partial charge in [-0.3, -0.25) is 4.79 Å². The van der Waals surface area contributed by atoms with Crippen molar-refractivity contribution in [2.45, 2.75) is 66.3 Å². The Morgan fingerprint density at radius 3 is 2.53 bits per heavy atom. The van der Waals surface area contributed by atoms with Gasteiger partial charge in [-0.15, -0.1) is 0 Å². The summed E-state index contributed by atoms with van der Waals surface area (Å²) in [5, 5.41) is 12.8. The monoisotopic (exact) mass is 269 g/mol. The molecule has 0 aromatic heterocycles. The first-order valence-corrected chi connectivity index (χ1v) is 7.67. The van der Waals surface area contributed by atoms with Crippen molar-refractivity contribution in [3.05, 3.63) is 0 Å². The van der Waals surface area contributed by atoms with Crippen LogP contribution in [-0.2, 0) is 4.79 Å². The van der Waals surface area contributed by atoms with Gasteiger partial charge in [0.2, 0.25) is 0 Å². The Morgan fingerprint density at radius 1 is 1.42 bits per heavy atom. The van der Waals surface area contributed by atoms with E-state index in [0.29, 0.717) is 29.8 Å². The first kappa shape index (κ1) is 16.5. The molecule has 0 spiro atoms. The Kier molecular flexibility index (Phi) is 5.84. The molecule has 1 saturated carbocycles. The quantitative estimate of drug-likeness (QED) is 0.775. The van der Waals surface area contributed by atoms with Gasteiger partial charge >= 0.3 is 5.97 Å². The molecule has 0 amide bonds. The molecule has 2 N–H and O–H groups in total. The molecule has 1 aliphatic carbocycles. The Morgan fingerprint density at radius 2 is 2.05 bits per heavy atom. The minimum atomic E-state index is -0.662. The fourth-order valence-corrected chi connectivity index (χ4v) is 3.38. The number of nitrogens with one attached hydrogen (secondary N) is 1. The van der Waals surface area contributed by atoms with Gasteiger partial charge in [-0.05, 0) is 42.9 Å². The zero-order valence-corrected chi connectivity index (χ0v) is 13.2. The fraction of sp³-hybridized carbons (Fsp3) is 0.938. The lowest BCUT2D eigenvalue weighted by atomic mass is 9.70. The average Bonchev–Trinajstić information content (AvgIpc) is 2.24. The molecule has 0 saturated heterocycles. The van der Waals surface area contributed by atoms with Gasteiger partial charge in [0.25, 0.3) is 0 Å². The highest BCUT2D eigenvalue weighted by molar-refractivity contribution is 5.70. The second-order valence-corrected chi connectivity index (χ2v) is 7.56. The van der Waals surface area contributed by atoms with E-state index in [0.717, 1.165) is 6.42 Å². The lowest BCUT2D eigenvalue weighted by Gasteiger charge is -2.40. The molecular weight excluding hydrogens is 238 g/mol. The first-order valence-electron chi connectivity index (χ1n) is 7.67. The van der Waals surface area contributed by atoms with E-state index in [2.05, 4.69) is 39.9 Å². The van der Waals surface area contributed by atoms with E-state index in [1.807, 2.05) is 0 Å². The molecular formula is C16H31NO2. The number of carboxylic acid groups (broad SMARTS) is 1.